The number of methoxy groups -OCH3 is 1. The van der Waals surface area contributed by atoms with Crippen molar-refractivity contribution < 1.29 is 27.9 Å². The van der Waals surface area contributed by atoms with Crippen molar-refractivity contribution in [1.82, 2.24) is 10.2 Å². The Kier molecular flexibility index (Phi) is 9.76. The third kappa shape index (κ3) is 6.51. The number of amides is 1. The SMILES string of the molecule is COC(=O)N[C@H]1CCCC1C(C#N)(c1ccccc1)C1CCN(CC2CN(c3ccc(S(=O)(=O)c4ccc(C(=O)O)cc4)cc3)C2)CC1. The molecule has 2 saturated heterocycles. The van der Waals surface area contributed by atoms with Crippen molar-refractivity contribution in [2.45, 2.75) is 53.4 Å². The lowest BCUT2D eigenvalue weighted by Crippen LogP contribution is -2.55. The zero-order chi connectivity index (χ0) is 33.9. The van der Waals surface area contributed by atoms with E-state index in [0.717, 1.165) is 76.1 Å². The molecule has 1 amide bonds. The van der Waals surface area contributed by atoms with Gasteiger partial charge in [0.1, 0.15) is 0 Å². The molecule has 10 nitrogen and oxygen atoms in total. The summed E-state index contributed by atoms with van der Waals surface area (Å²) >= 11 is 0. The van der Waals surface area contributed by atoms with E-state index in [4.69, 9.17) is 9.84 Å². The second-order valence-corrected chi connectivity index (χ2v) is 15.2. The summed E-state index contributed by atoms with van der Waals surface area (Å²) in [5.41, 5.74) is 1.36. The molecule has 3 aliphatic rings. The normalized spacial score (nSPS) is 21.9. The van der Waals surface area contributed by atoms with Gasteiger partial charge < -0.3 is 25.0 Å². The molecule has 2 aliphatic heterocycles. The number of carbonyl (C=O) groups is 2. The van der Waals surface area contributed by atoms with Crippen LogP contribution in [0.4, 0.5) is 10.5 Å². The van der Waals surface area contributed by atoms with Crippen molar-refractivity contribution >= 4 is 27.6 Å². The van der Waals surface area contributed by atoms with Gasteiger partial charge in [-0.25, -0.2) is 18.0 Å². The summed E-state index contributed by atoms with van der Waals surface area (Å²) in [4.78, 5) is 28.3. The summed E-state index contributed by atoms with van der Waals surface area (Å²) in [6, 6.07) is 25.0. The Labute approximate surface area is 282 Å². The number of carbonyl (C=O) groups excluding carboxylic acids is 1. The lowest BCUT2D eigenvalue weighted by Gasteiger charge is -2.48. The smallest absolute Gasteiger partial charge is 0.407 e. The van der Waals surface area contributed by atoms with E-state index in [1.165, 1.54) is 31.4 Å². The maximum absolute atomic E-state index is 13.1. The minimum Gasteiger partial charge on any atom is -0.478 e. The molecule has 0 bridgehead atoms. The number of likely N-dealkylation sites (tertiary alicyclic amines) is 1. The Morgan fingerprint density at radius 2 is 1.56 bits per heavy atom. The lowest BCUT2D eigenvalue weighted by molar-refractivity contribution is 0.0696. The van der Waals surface area contributed by atoms with Gasteiger partial charge in [0, 0.05) is 43.2 Å². The highest BCUT2D eigenvalue weighted by molar-refractivity contribution is 7.91. The Bertz CT molecular complexity index is 1750. The van der Waals surface area contributed by atoms with Gasteiger partial charge in [-0.05, 0) is 98.8 Å². The molecule has 3 fully saturated rings. The Balaban J connectivity index is 1.05. The predicted molar refractivity (Wildman–Crippen MR) is 181 cm³/mol. The van der Waals surface area contributed by atoms with Gasteiger partial charge in [-0.2, -0.15) is 5.26 Å². The first-order chi connectivity index (χ1) is 23.1. The van der Waals surface area contributed by atoms with Crippen molar-refractivity contribution in [3.63, 3.8) is 0 Å². The molecule has 0 aromatic heterocycles. The largest absolute Gasteiger partial charge is 0.478 e. The zero-order valence-electron chi connectivity index (χ0n) is 27.1. The van der Waals surface area contributed by atoms with Crippen LogP contribution in [0, 0.1) is 29.1 Å². The number of nitrogens with one attached hydrogen (secondary N) is 1. The van der Waals surface area contributed by atoms with E-state index in [-0.39, 0.29) is 33.2 Å². The molecule has 3 atom stereocenters. The average molecular weight is 671 g/mol. The summed E-state index contributed by atoms with van der Waals surface area (Å²) in [6.45, 7) is 4.58. The molecule has 48 heavy (non-hydrogen) atoms. The number of carboxylic acid groups (broad SMARTS) is 1. The number of nitriles is 1. The summed E-state index contributed by atoms with van der Waals surface area (Å²) in [5, 5.41) is 23.1. The zero-order valence-corrected chi connectivity index (χ0v) is 27.9. The minimum absolute atomic E-state index is 0.0135. The highest BCUT2D eigenvalue weighted by atomic mass is 32.2. The van der Waals surface area contributed by atoms with Crippen LogP contribution in [0.1, 0.15) is 48.0 Å². The number of hydrogen-bond donors (Lipinski definition) is 2. The number of nitrogens with zero attached hydrogens (tertiary/aromatic N) is 3. The Hall–Kier alpha value is -4.40. The van der Waals surface area contributed by atoms with Gasteiger partial charge in [0.15, 0.2) is 0 Å². The van der Waals surface area contributed by atoms with Crippen LogP contribution in [0.3, 0.4) is 0 Å². The molecule has 2 unspecified atom stereocenters. The molecule has 252 valence electrons. The van der Waals surface area contributed by atoms with E-state index >= 15 is 0 Å². The van der Waals surface area contributed by atoms with Gasteiger partial charge in [0.2, 0.25) is 9.84 Å². The number of rotatable bonds is 10. The van der Waals surface area contributed by atoms with Crippen LogP contribution < -0.4 is 10.2 Å². The maximum Gasteiger partial charge on any atom is 0.407 e. The number of benzene rings is 3. The molecule has 2 N–H and O–H groups in total. The number of carboxylic acids is 1. The van der Waals surface area contributed by atoms with Crippen molar-refractivity contribution in [2.24, 2.45) is 17.8 Å². The molecular weight excluding hydrogens is 628 g/mol. The van der Waals surface area contributed by atoms with Crippen molar-refractivity contribution in [3.05, 3.63) is 90.0 Å². The first-order valence-corrected chi connectivity index (χ1v) is 18.1. The van der Waals surface area contributed by atoms with Crippen LogP contribution in [0.2, 0.25) is 0 Å². The standard InChI is InChI=1S/C37H42N4O6S/c1-47-36(44)39-34-9-5-8-33(34)37(25-38,28-6-3-2-4-7-28)29-18-20-40(21-19-29)22-26-23-41(24-26)30-12-16-32(17-13-30)48(45,46)31-14-10-27(11-15-31)35(42)43/h2-4,6-7,10-17,26,29,33-34H,5,8-9,18-24H2,1H3,(H,39,44)(H,42,43)/t33?,34-,37?/m0/s1. The molecule has 11 heteroatoms. The van der Waals surface area contributed by atoms with Gasteiger partial charge in [0.25, 0.3) is 0 Å². The minimum atomic E-state index is -3.76. The second-order valence-electron chi connectivity index (χ2n) is 13.3. The van der Waals surface area contributed by atoms with E-state index in [1.54, 1.807) is 12.1 Å². The van der Waals surface area contributed by atoms with E-state index in [0.29, 0.717) is 5.92 Å². The summed E-state index contributed by atoms with van der Waals surface area (Å²) < 4.78 is 31.1. The predicted octanol–water partition coefficient (Wildman–Crippen LogP) is 5.35. The second kappa shape index (κ2) is 14.0. The molecule has 3 aromatic carbocycles. The fourth-order valence-electron chi connectivity index (χ4n) is 8.17. The number of hydrogen-bond acceptors (Lipinski definition) is 8. The summed E-state index contributed by atoms with van der Waals surface area (Å²) in [6.07, 6.45) is 4.08. The van der Waals surface area contributed by atoms with Crippen LogP contribution >= 0.6 is 0 Å². The number of piperidine rings is 1. The summed E-state index contributed by atoms with van der Waals surface area (Å²) in [7, 11) is -2.38. The van der Waals surface area contributed by atoms with Crippen LogP contribution in [0.15, 0.2) is 88.7 Å². The number of ether oxygens (including phenoxy) is 1. The fraction of sp³-hybridized carbons (Fsp3) is 0.432. The molecular formula is C37H42N4O6S. The van der Waals surface area contributed by atoms with E-state index in [1.807, 2.05) is 30.3 Å². The van der Waals surface area contributed by atoms with Crippen LogP contribution in [-0.4, -0.2) is 76.4 Å². The monoisotopic (exact) mass is 670 g/mol. The molecule has 1 aliphatic carbocycles. The van der Waals surface area contributed by atoms with Crippen molar-refractivity contribution in [3.8, 4) is 6.07 Å². The van der Waals surface area contributed by atoms with E-state index < -0.39 is 27.3 Å². The molecule has 0 radical (unpaired) electrons. The van der Waals surface area contributed by atoms with Crippen molar-refractivity contribution in [2.75, 3.05) is 44.7 Å². The van der Waals surface area contributed by atoms with Gasteiger partial charge in [0.05, 0.1) is 33.9 Å². The third-order valence-electron chi connectivity index (χ3n) is 10.7. The van der Waals surface area contributed by atoms with Crippen LogP contribution in [0.25, 0.3) is 0 Å². The summed E-state index contributed by atoms with van der Waals surface area (Å²) in [5.74, 6) is -0.418. The van der Waals surface area contributed by atoms with Crippen LogP contribution in [-0.2, 0) is 20.0 Å². The highest BCUT2D eigenvalue weighted by Gasteiger charge is 2.52. The molecule has 1 saturated carbocycles. The van der Waals surface area contributed by atoms with Gasteiger partial charge >= 0.3 is 12.1 Å². The molecule has 3 aromatic rings. The Morgan fingerprint density at radius 1 is 0.938 bits per heavy atom. The number of aromatic carboxylic acids is 1. The van der Waals surface area contributed by atoms with E-state index in [9.17, 15) is 23.3 Å². The molecule has 6 rings (SSSR count). The number of anilines is 1. The number of sulfone groups is 1. The Morgan fingerprint density at radius 3 is 2.15 bits per heavy atom. The van der Waals surface area contributed by atoms with E-state index in [2.05, 4.69) is 33.3 Å². The molecule has 2 heterocycles. The van der Waals surface area contributed by atoms with Crippen LogP contribution in [0.5, 0.6) is 0 Å². The third-order valence-corrected chi connectivity index (χ3v) is 12.4. The van der Waals surface area contributed by atoms with Gasteiger partial charge in [-0.3, -0.25) is 0 Å². The topological polar surface area (TPSA) is 140 Å². The fourth-order valence-corrected chi connectivity index (χ4v) is 9.44. The van der Waals surface area contributed by atoms with Crippen molar-refractivity contribution in [1.29, 1.82) is 5.26 Å². The first-order valence-electron chi connectivity index (χ1n) is 16.6. The van der Waals surface area contributed by atoms with Gasteiger partial charge in [-0.15, -0.1) is 0 Å². The quantitative estimate of drug-likeness (QED) is 0.292. The molecule has 0 spiro atoms. The van der Waals surface area contributed by atoms with Gasteiger partial charge in [-0.1, -0.05) is 36.8 Å². The lowest BCUT2D eigenvalue weighted by atomic mass is 9.59. The number of alkyl carbamates (subject to hydrolysis) is 1. The maximum atomic E-state index is 13.1. The first kappa shape index (κ1) is 33.5. The average Bonchev–Trinajstić information content (AvgIpc) is 3.56. The highest BCUT2D eigenvalue weighted by Crippen LogP contribution is 2.50.